The molecule has 2 rings (SSSR count). The zero-order valence-electron chi connectivity index (χ0n) is 13.4. The molecule has 24 heavy (non-hydrogen) atoms. The van der Waals surface area contributed by atoms with Gasteiger partial charge < -0.3 is 10.4 Å². The van der Waals surface area contributed by atoms with E-state index in [9.17, 15) is 9.90 Å². The van der Waals surface area contributed by atoms with Crippen LogP contribution in [0.5, 0.6) is 5.75 Å². The molecule has 0 fully saturated rings. The van der Waals surface area contributed by atoms with Crippen LogP contribution in [0.3, 0.4) is 0 Å². The summed E-state index contributed by atoms with van der Waals surface area (Å²) in [6.45, 7) is 5.86. The Kier molecular flexibility index (Phi) is 5.22. The molecule has 124 valence electrons. The molecule has 2 N–H and O–H groups in total. The van der Waals surface area contributed by atoms with Crippen LogP contribution in [0.25, 0.3) is 0 Å². The molecule has 0 aliphatic carbocycles. The van der Waals surface area contributed by atoms with Gasteiger partial charge in [-0.3, -0.25) is 4.79 Å². The molecule has 0 bridgehead atoms. The predicted molar refractivity (Wildman–Crippen MR) is 98.6 cm³/mol. The maximum atomic E-state index is 12.6. The molecule has 2 aromatic carbocycles. The van der Waals surface area contributed by atoms with Crippen molar-refractivity contribution in [3.8, 4) is 11.8 Å². The Labute approximate surface area is 154 Å². The normalized spacial score (nSPS) is 11.0. The topological polar surface area (TPSA) is 73.1 Å². The Hall–Kier alpha value is -2.03. The number of rotatable bonds is 2. The minimum Gasteiger partial charge on any atom is -0.507 e. The highest BCUT2D eigenvalue weighted by molar-refractivity contribution is 9.10. The SMILES string of the molecule is CC(C)(C)c1cc(Br)cc(C(=O)Nc2ccc(C#N)cc2Cl)c1O. The number of phenols is 1. The number of anilines is 1. The van der Waals surface area contributed by atoms with Crippen LogP contribution < -0.4 is 5.32 Å². The van der Waals surface area contributed by atoms with Crippen LogP contribution in [-0.4, -0.2) is 11.0 Å². The van der Waals surface area contributed by atoms with E-state index in [0.717, 1.165) is 0 Å². The second kappa shape index (κ2) is 6.84. The molecule has 2 aromatic rings. The van der Waals surface area contributed by atoms with Gasteiger partial charge >= 0.3 is 0 Å². The number of amides is 1. The first-order valence-electron chi connectivity index (χ1n) is 7.17. The van der Waals surface area contributed by atoms with E-state index in [2.05, 4.69) is 21.2 Å². The number of halogens is 2. The highest BCUT2D eigenvalue weighted by atomic mass is 79.9. The van der Waals surface area contributed by atoms with E-state index in [0.29, 0.717) is 21.3 Å². The Morgan fingerprint density at radius 2 is 1.96 bits per heavy atom. The molecule has 0 atom stereocenters. The molecule has 1 amide bonds. The second-order valence-corrected chi connectivity index (χ2v) is 7.68. The third-order valence-electron chi connectivity index (χ3n) is 3.47. The number of phenolic OH excluding ortho intramolecular Hbond substituents is 1. The summed E-state index contributed by atoms with van der Waals surface area (Å²) in [5, 5.41) is 22.3. The molecular weight excluding hydrogens is 392 g/mol. The number of benzene rings is 2. The number of nitrogens with zero attached hydrogens (tertiary/aromatic N) is 1. The van der Waals surface area contributed by atoms with Crippen molar-refractivity contribution in [3.05, 3.63) is 56.5 Å². The van der Waals surface area contributed by atoms with Crippen molar-refractivity contribution in [2.24, 2.45) is 0 Å². The Morgan fingerprint density at radius 3 is 2.50 bits per heavy atom. The molecule has 0 aliphatic rings. The van der Waals surface area contributed by atoms with Crippen LogP contribution in [0, 0.1) is 11.3 Å². The standard InChI is InChI=1S/C18H16BrClN2O2/c1-18(2,3)13-8-11(19)7-12(16(13)23)17(24)22-15-5-4-10(9-21)6-14(15)20/h4-8,23H,1-3H3,(H,22,24). The van der Waals surface area contributed by atoms with E-state index in [-0.39, 0.29) is 21.8 Å². The van der Waals surface area contributed by atoms with E-state index in [1.54, 1.807) is 24.3 Å². The van der Waals surface area contributed by atoms with Crippen LogP contribution in [0.4, 0.5) is 5.69 Å². The van der Waals surface area contributed by atoms with Crippen molar-refractivity contribution in [3.63, 3.8) is 0 Å². The van der Waals surface area contributed by atoms with Crippen molar-refractivity contribution >= 4 is 39.1 Å². The summed E-state index contributed by atoms with van der Waals surface area (Å²) in [6, 6.07) is 9.91. The molecule has 0 heterocycles. The molecule has 0 aromatic heterocycles. The molecule has 0 aliphatic heterocycles. The summed E-state index contributed by atoms with van der Waals surface area (Å²) >= 11 is 9.45. The van der Waals surface area contributed by atoms with E-state index < -0.39 is 5.91 Å². The highest BCUT2D eigenvalue weighted by Crippen LogP contribution is 2.36. The van der Waals surface area contributed by atoms with Gasteiger partial charge in [-0.2, -0.15) is 5.26 Å². The van der Waals surface area contributed by atoms with E-state index in [4.69, 9.17) is 16.9 Å². The number of carbonyl (C=O) groups excluding carboxylic acids is 1. The van der Waals surface area contributed by atoms with Gasteiger partial charge in [0.1, 0.15) is 5.75 Å². The van der Waals surface area contributed by atoms with Gasteiger partial charge in [-0.1, -0.05) is 48.3 Å². The van der Waals surface area contributed by atoms with Gasteiger partial charge in [-0.25, -0.2) is 0 Å². The number of carbonyl (C=O) groups is 1. The Morgan fingerprint density at radius 1 is 1.29 bits per heavy atom. The third-order valence-corrected chi connectivity index (χ3v) is 4.24. The fourth-order valence-electron chi connectivity index (χ4n) is 2.22. The van der Waals surface area contributed by atoms with Crippen LogP contribution in [-0.2, 0) is 5.41 Å². The van der Waals surface area contributed by atoms with E-state index in [1.807, 2.05) is 26.8 Å². The maximum Gasteiger partial charge on any atom is 0.259 e. The first kappa shape index (κ1) is 18.3. The predicted octanol–water partition coefficient (Wildman–Crippen LogP) is 5.23. The van der Waals surface area contributed by atoms with Crippen LogP contribution in [0.2, 0.25) is 5.02 Å². The summed E-state index contributed by atoms with van der Waals surface area (Å²) in [5.74, 6) is -0.543. The van der Waals surface area contributed by atoms with Crippen molar-refractivity contribution in [1.29, 1.82) is 5.26 Å². The largest absolute Gasteiger partial charge is 0.507 e. The van der Waals surface area contributed by atoms with Crippen LogP contribution in [0.1, 0.15) is 42.3 Å². The number of hydrogen-bond acceptors (Lipinski definition) is 3. The Balaban J connectivity index is 2.41. The van der Waals surface area contributed by atoms with Crippen LogP contribution >= 0.6 is 27.5 Å². The smallest absolute Gasteiger partial charge is 0.259 e. The van der Waals surface area contributed by atoms with Crippen molar-refractivity contribution < 1.29 is 9.90 Å². The lowest BCUT2D eigenvalue weighted by atomic mass is 9.85. The van der Waals surface area contributed by atoms with Gasteiger partial charge in [0, 0.05) is 10.0 Å². The summed E-state index contributed by atoms with van der Waals surface area (Å²) in [5.41, 5.74) is 1.26. The van der Waals surface area contributed by atoms with Crippen molar-refractivity contribution in [1.82, 2.24) is 0 Å². The molecule has 4 nitrogen and oxygen atoms in total. The monoisotopic (exact) mass is 406 g/mol. The average Bonchev–Trinajstić information content (AvgIpc) is 2.50. The highest BCUT2D eigenvalue weighted by Gasteiger charge is 2.24. The van der Waals surface area contributed by atoms with Gasteiger partial charge in [-0.15, -0.1) is 0 Å². The van der Waals surface area contributed by atoms with Crippen LogP contribution in [0.15, 0.2) is 34.8 Å². The van der Waals surface area contributed by atoms with Crippen molar-refractivity contribution in [2.75, 3.05) is 5.32 Å². The molecule has 0 saturated heterocycles. The number of nitrogens with one attached hydrogen (secondary N) is 1. The third kappa shape index (κ3) is 3.89. The van der Waals surface area contributed by atoms with Gasteiger partial charge in [0.15, 0.2) is 0 Å². The summed E-state index contributed by atoms with van der Waals surface area (Å²) in [7, 11) is 0. The number of nitriles is 1. The lowest BCUT2D eigenvalue weighted by Gasteiger charge is -2.22. The molecule has 0 saturated carbocycles. The first-order chi connectivity index (χ1) is 11.1. The van der Waals surface area contributed by atoms with Gasteiger partial charge in [0.25, 0.3) is 5.91 Å². The number of aromatic hydroxyl groups is 1. The zero-order valence-corrected chi connectivity index (χ0v) is 15.8. The maximum absolute atomic E-state index is 12.6. The molecule has 6 heteroatoms. The van der Waals surface area contributed by atoms with Gasteiger partial charge in [0.05, 0.1) is 27.9 Å². The molecule has 0 spiro atoms. The first-order valence-corrected chi connectivity index (χ1v) is 8.34. The average molecular weight is 408 g/mol. The van der Waals surface area contributed by atoms with Gasteiger partial charge in [-0.05, 0) is 35.7 Å². The molecular formula is C18H16BrClN2O2. The lowest BCUT2D eigenvalue weighted by molar-refractivity contribution is 0.102. The van der Waals surface area contributed by atoms with Gasteiger partial charge in [0.2, 0.25) is 0 Å². The molecule has 0 unspecified atom stereocenters. The fourth-order valence-corrected chi connectivity index (χ4v) is 2.91. The minimum atomic E-state index is -0.481. The van der Waals surface area contributed by atoms with Crippen molar-refractivity contribution in [2.45, 2.75) is 26.2 Å². The Bertz CT molecular complexity index is 851. The summed E-state index contributed by atoms with van der Waals surface area (Å²) < 4.78 is 0.696. The summed E-state index contributed by atoms with van der Waals surface area (Å²) in [4.78, 5) is 12.6. The zero-order chi connectivity index (χ0) is 18.1. The minimum absolute atomic E-state index is 0.0621. The van der Waals surface area contributed by atoms with E-state index in [1.165, 1.54) is 6.07 Å². The molecule has 0 radical (unpaired) electrons. The summed E-state index contributed by atoms with van der Waals surface area (Å²) in [6.07, 6.45) is 0. The second-order valence-electron chi connectivity index (χ2n) is 6.36. The lowest BCUT2D eigenvalue weighted by Crippen LogP contribution is -2.17. The number of hydrogen-bond donors (Lipinski definition) is 2. The quantitative estimate of drug-likeness (QED) is 0.716. The fraction of sp³-hybridized carbons (Fsp3) is 0.222. The van der Waals surface area contributed by atoms with E-state index >= 15 is 0 Å².